The first kappa shape index (κ1) is 17.6. The number of hydrazone groups is 1. The van der Waals surface area contributed by atoms with Crippen molar-refractivity contribution in [3.63, 3.8) is 0 Å². The molecule has 1 aliphatic heterocycles. The number of azo groups is 1. The van der Waals surface area contributed by atoms with Gasteiger partial charge in [-0.05, 0) is 19.8 Å². The number of allylic oxidation sites excluding steroid dienone is 3. The number of aliphatic hydroxyl groups is 1. The Bertz CT molecular complexity index is 628. The Kier molecular flexibility index (Phi) is 5.42. The summed E-state index contributed by atoms with van der Waals surface area (Å²) in [5.74, 6) is 0.0104. The summed E-state index contributed by atoms with van der Waals surface area (Å²) in [5.41, 5.74) is 0.739. The van der Waals surface area contributed by atoms with E-state index in [1.165, 1.54) is 0 Å². The standard InChI is InChI=1S/C17H22Cl2N4O/c1-10-13(18)8-9-14(19)16(10)23-17(24)15(11(2)22-23)21-20-12-6-4-3-5-7-12/h3-6,8,10,12,14-17,24H,7,9H2,1-2H3. The fourth-order valence-electron chi connectivity index (χ4n) is 3.28. The van der Waals surface area contributed by atoms with Crippen molar-refractivity contribution in [3.05, 3.63) is 35.4 Å². The van der Waals surface area contributed by atoms with Gasteiger partial charge in [-0.3, -0.25) is 5.01 Å². The van der Waals surface area contributed by atoms with Gasteiger partial charge in [0.2, 0.25) is 0 Å². The van der Waals surface area contributed by atoms with Crippen LogP contribution in [0.1, 0.15) is 26.7 Å². The zero-order valence-electron chi connectivity index (χ0n) is 13.8. The molecule has 6 unspecified atom stereocenters. The van der Waals surface area contributed by atoms with Gasteiger partial charge in [0.25, 0.3) is 0 Å². The van der Waals surface area contributed by atoms with Crippen LogP contribution in [-0.4, -0.2) is 45.6 Å². The van der Waals surface area contributed by atoms with E-state index in [-0.39, 0.29) is 23.4 Å². The second kappa shape index (κ2) is 7.38. The lowest BCUT2D eigenvalue weighted by Gasteiger charge is -2.39. The summed E-state index contributed by atoms with van der Waals surface area (Å²) >= 11 is 12.8. The first-order chi connectivity index (χ1) is 11.5. The number of aliphatic hydroxyl groups excluding tert-OH is 1. The van der Waals surface area contributed by atoms with Crippen LogP contribution in [0.5, 0.6) is 0 Å². The zero-order valence-corrected chi connectivity index (χ0v) is 15.3. The van der Waals surface area contributed by atoms with Gasteiger partial charge in [-0.25, -0.2) is 0 Å². The number of nitrogens with zero attached hydrogens (tertiary/aromatic N) is 4. The first-order valence-electron chi connectivity index (χ1n) is 8.23. The summed E-state index contributed by atoms with van der Waals surface area (Å²) < 4.78 is 0. The third-order valence-electron chi connectivity index (χ3n) is 4.71. The van der Waals surface area contributed by atoms with Crippen molar-refractivity contribution in [3.8, 4) is 0 Å². The minimum Gasteiger partial charge on any atom is -0.370 e. The molecule has 1 N–H and O–H groups in total. The van der Waals surface area contributed by atoms with E-state index in [0.717, 1.165) is 17.2 Å². The molecular formula is C17H22Cl2N4O. The maximum Gasteiger partial charge on any atom is 0.172 e. The molecule has 6 atom stereocenters. The molecular weight excluding hydrogens is 347 g/mol. The van der Waals surface area contributed by atoms with Gasteiger partial charge in [-0.15, -0.1) is 11.6 Å². The molecule has 1 heterocycles. The molecule has 0 fully saturated rings. The molecule has 0 amide bonds. The van der Waals surface area contributed by atoms with Crippen molar-refractivity contribution >= 4 is 28.9 Å². The molecule has 3 rings (SSSR count). The summed E-state index contributed by atoms with van der Waals surface area (Å²) in [7, 11) is 0. The lowest BCUT2D eigenvalue weighted by molar-refractivity contribution is -0.0260. The van der Waals surface area contributed by atoms with Crippen LogP contribution in [0.4, 0.5) is 0 Å². The molecule has 2 aliphatic carbocycles. The SMILES string of the molecule is CC1=NN(C2C(Cl)CC=C(Cl)C2C)C(O)C1N=NC1C=CC=CC1. The molecule has 0 saturated heterocycles. The Morgan fingerprint density at radius 1 is 1.29 bits per heavy atom. The Labute approximate surface area is 152 Å². The molecule has 0 radical (unpaired) electrons. The van der Waals surface area contributed by atoms with Crippen LogP contribution in [0.3, 0.4) is 0 Å². The molecule has 0 aromatic carbocycles. The van der Waals surface area contributed by atoms with Crippen molar-refractivity contribution in [2.75, 3.05) is 0 Å². The molecule has 130 valence electrons. The lowest BCUT2D eigenvalue weighted by Crippen LogP contribution is -2.50. The number of halogens is 2. The molecule has 0 spiro atoms. The van der Waals surface area contributed by atoms with Crippen LogP contribution in [0.2, 0.25) is 0 Å². The summed E-state index contributed by atoms with van der Waals surface area (Å²) in [6.07, 6.45) is 10.6. The summed E-state index contributed by atoms with van der Waals surface area (Å²) in [5, 5.41) is 26.2. The van der Waals surface area contributed by atoms with Gasteiger partial charge < -0.3 is 5.11 Å². The number of hydrogen-bond acceptors (Lipinski definition) is 5. The summed E-state index contributed by atoms with van der Waals surface area (Å²) in [6, 6.07) is -0.604. The second-order valence-corrected chi connectivity index (χ2v) is 7.44. The Balaban J connectivity index is 1.74. The number of rotatable bonds is 3. The van der Waals surface area contributed by atoms with Crippen LogP contribution in [0.25, 0.3) is 0 Å². The third kappa shape index (κ3) is 3.44. The topological polar surface area (TPSA) is 60.5 Å². The summed E-state index contributed by atoms with van der Waals surface area (Å²) in [6.45, 7) is 3.86. The van der Waals surface area contributed by atoms with Crippen LogP contribution in [0.15, 0.2) is 50.7 Å². The van der Waals surface area contributed by atoms with E-state index in [1.807, 2.05) is 38.2 Å². The number of hydrogen-bond donors (Lipinski definition) is 1. The van der Waals surface area contributed by atoms with Gasteiger partial charge in [0.05, 0.1) is 23.2 Å². The molecule has 0 bridgehead atoms. The summed E-state index contributed by atoms with van der Waals surface area (Å²) in [4.78, 5) is 0. The molecule has 0 saturated carbocycles. The zero-order chi connectivity index (χ0) is 17.3. The lowest BCUT2D eigenvalue weighted by atomic mass is 9.90. The monoisotopic (exact) mass is 368 g/mol. The van der Waals surface area contributed by atoms with Gasteiger partial charge in [-0.2, -0.15) is 15.3 Å². The fourth-order valence-corrected chi connectivity index (χ4v) is 3.92. The maximum absolute atomic E-state index is 10.7. The van der Waals surface area contributed by atoms with Crippen LogP contribution >= 0.6 is 23.2 Å². The predicted molar refractivity (Wildman–Crippen MR) is 97.4 cm³/mol. The van der Waals surface area contributed by atoms with Crippen molar-refractivity contribution in [2.45, 2.75) is 56.4 Å². The highest BCUT2D eigenvalue weighted by Crippen LogP contribution is 2.37. The van der Waals surface area contributed by atoms with E-state index < -0.39 is 12.3 Å². The van der Waals surface area contributed by atoms with Crippen LogP contribution < -0.4 is 0 Å². The highest BCUT2D eigenvalue weighted by Gasteiger charge is 2.44. The number of alkyl halides is 1. The van der Waals surface area contributed by atoms with Crippen molar-refractivity contribution in [1.29, 1.82) is 0 Å². The molecule has 24 heavy (non-hydrogen) atoms. The van der Waals surface area contributed by atoms with E-state index in [1.54, 1.807) is 5.01 Å². The van der Waals surface area contributed by atoms with Crippen molar-refractivity contribution in [2.24, 2.45) is 21.2 Å². The average Bonchev–Trinajstić information content (AvgIpc) is 2.85. The Hall–Kier alpha value is -1.17. The van der Waals surface area contributed by atoms with Gasteiger partial charge in [0.15, 0.2) is 12.3 Å². The van der Waals surface area contributed by atoms with E-state index in [0.29, 0.717) is 6.42 Å². The first-order valence-corrected chi connectivity index (χ1v) is 9.05. The Morgan fingerprint density at radius 3 is 2.79 bits per heavy atom. The highest BCUT2D eigenvalue weighted by atomic mass is 35.5. The maximum atomic E-state index is 10.7. The molecule has 7 heteroatoms. The minimum atomic E-state index is -0.867. The third-order valence-corrected chi connectivity index (χ3v) is 5.65. The van der Waals surface area contributed by atoms with Gasteiger partial charge in [0.1, 0.15) is 0 Å². The molecule has 3 aliphatic rings. The Morgan fingerprint density at radius 2 is 2.08 bits per heavy atom. The largest absolute Gasteiger partial charge is 0.370 e. The quantitative estimate of drug-likeness (QED) is 0.607. The van der Waals surface area contributed by atoms with Gasteiger partial charge >= 0.3 is 0 Å². The van der Waals surface area contributed by atoms with E-state index in [9.17, 15) is 5.11 Å². The second-order valence-electron chi connectivity index (χ2n) is 6.45. The van der Waals surface area contributed by atoms with Crippen LogP contribution in [-0.2, 0) is 0 Å². The smallest absolute Gasteiger partial charge is 0.172 e. The van der Waals surface area contributed by atoms with E-state index in [2.05, 4.69) is 21.4 Å². The normalized spacial score (nSPS) is 39.5. The molecule has 5 nitrogen and oxygen atoms in total. The average molecular weight is 369 g/mol. The predicted octanol–water partition coefficient (Wildman–Crippen LogP) is 3.84. The van der Waals surface area contributed by atoms with Gasteiger partial charge in [-0.1, -0.05) is 48.9 Å². The van der Waals surface area contributed by atoms with E-state index >= 15 is 0 Å². The van der Waals surface area contributed by atoms with Gasteiger partial charge in [0, 0.05) is 11.0 Å². The van der Waals surface area contributed by atoms with Crippen LogP contribution in [0, 0.1) is 5.92 Å². The molecule has 0 aromatic rings. The minimum absolute atomic E-state index is 0.0104. The fraction of sp³-hybridized carbons (Fsp3) is 0.588. The molecule has 0 aromatic heterocycles. The van der Waals surface area contributed by atoms with E-state index in [4.69, 9.17) is 23.2 Å². The van der Waals surface area contributed by atoms with Crippen molar-refractivity contribution in [1.82, 2.24) is 5.01 Å². The highest BCUT2D eigenvalue weighted by molar-refractivity contribution is 6.30. The van der Waals surface area contributed by atoms with Crippen molar-refractivity contribution < 1.29 is 5.11 Å².